The Kier molecular flexibility index (Phi) is 4.28. The molecule has 2 unspecified atom stereocenters. The van der Waals surface area contributed by atoms with E-state index in [1.807, 2.05) is 0 Å². The Labute approximate surface area is 110 Å². The number of nitrogens with zero attached hydrogens (tertiary/aromatic N) is 2. The van der Waals surface area contributed by atoms with Crippen molar-refractivity contribution in [2.75, 3.05) is 32.7 Å². The maximum atomic E-state index is 12.3. The van der Waals surface area contributed by atoms with E-state index in [4.69, 9.17) is 5.73 Å². The summed E-state index contributed by atoms with van der Waals surface area (Å²) in [5.74, 6) is 0.309. The van der Waals surface area contributed by atoms with Crippen molar-refractivity contribution in [1.29, 1.82) is 0 Å². The van der Waals surface area contributed by atoms with Gasteiger partial charge in [-0.1, -0.05) is 6.92 Å². The quantitative estimate of drug-likeness (QED) is 0.818. The third kappa shape index (κ3) is 3.04. The number of carbonyl (C=O) groups is 1. The highest BCUT2D eigenvalue weighted by Crippen LogP contribution is 2.28. The summed E-state index contributed by atoms with van der Waals surface area (Å²) in [6, 6.07) is 0.426. The minimum atomic E-state index is 0.216. The van der Waals surface area contributed by atoms with Gasteiger partial charge >= 0.3 is 0 Å². The minimum Gasteiger partial charge on any atom is -0.339 e. The molecular formula is C14H27N3O. The fourth-order valence-electron chi connectivity index (χ4n) is 3.18. The summed E-state index contributed by atoms with van der Waals surface area (Å²) in [5.41, 5.74) is 6.02. The summed E-state index contributed by atoms with van der Waals surface area (Å²) < 4.78 is 0. The molecule has 104 valence electrons. The lowest BCUT2D eigenvalue weighted by Gasteiger charge is -2.34. The van der Waals surface area contributed by atoms with E-state index in [-0.39, 0.29) is 5.41 Å². The number of likely N-dealkylation sites (tertiary alicyclic amines) is 2. The number of hydrogen-bond donors (Lipinski definition) is 1. The molecule has 0 aromatic carbocycles. The van der Waals surface area contributed by atoms with E-state index in [9.17, 15) is 4.79 Å². The monoisotopic (exact) mass is 253 g/mol. The summed E-state index contributed by atoms with van der Waals surface area (Å²) in [7, 11) is 0. The number of hydrogen-bond acceptors (Lipinski definition) is 3. The molecule has 2 aliphatic rings. The van der Waals surface area contributed by atoms with E-state index in [1.165, 1.54) is 6.42 Å². The van der Waals surface area contributed by atoms with Crippen LogP contribution in [0.25, 0.3) is 0 Å². The first kappa shape index (κ1) is 13.8. The van der Waals surface area contributed by atoms with Crippen LogP contribution in [0.3, 0.4) is 0 Å². The fourth-order valence-corrected chi connectivity index (χ4v) is 3.18. The molecule has 2 N–H and O–H groups in total. The van der Waals surface area contributed by atoms with Gasteiger partial charge in [-0.25, -0.2) is 0 Å². The van der Waals surface area contributed by atoms with Gasteiger partial charge in [-0.3, -0.25) is 9.69 Å². The molecule has 1 amide bonds. The van der Waals surface area contributed by atoms with Crippen molar-refractivity contribution >= 4 is 5.91 Å². The van der Waals surface area contributed by atoms with Crippen LogP contribution >= 0.6 is 0 Å². The summed E-state index contributed by atoms with van der Waals surface area (Å²) in [5, 5.41) is 0. The lowest BCUT2D eigenvalue weighted by Crippen LogP contribution is -2.47. The largest absolute Gasteiger partial charge is 0.339 e. The predicted molar refractivity (Wildman–Crippen MR) is 73.2 cm³/mol. The second kappa shape index (κ2) is 5.57. The molecule has 4 heteroatoms. The van der Waals surface area contributed by atoms with E-state index >= 15 is 0 Å². The zero-order valence-corrected chi connectivity index (χ0v) is 11.8. The Morgan fingerprint density at radius 1 is 1.39 bits per heavy atom. The van der Waals surface area contributed by atoms with Crippen LogP contribution in [0, 0.1) is 5.41 Å². The maximum Gasteiger partial charge on any atom is 0.236 e. The fraction of sp³-hybridized carbons (Fsp3) is 0.929. The first-order chi connectivity index (χ1) is 8.54. The first-order valence-electron chi connectivity index (χ1n) is 7.26. The molecule has 2 aliphatic heterocycles. The van der Waals surface area contributed by atoms with E-state index in [0.717, 1.165) is 45.4 Å². The highest BCUT2D eigenvalue weighted by atomic mass is 16.2. The van der Waals surface area contributed by atoms with Gasteiger partial charge in [0, 0.05) is 19.1 Å². The van der Waals surface area contributed by atoms with Crippen LogP contribution in [0.1, 0.15) is 39.5 Å². The van der Waals surface area contributed by atoms with Crippen LogP contribution in [-0.2, 0) is 4.79 Å². The molecule has 0 spiro atoms. The number of piperidine rings is 1. The van der Waals surface area contributed by atoms with Crippen molar-refractivity contribution in [3.8, 4) is 0 Å². The first-order valence-corrected chi connectivity index (χ1v) is 7.26. The summed E-state index contributed by atoms with van der Waals surface area (Å²) in [6.07, 6.45) is 4.70. The van der Waals surface area contributed by atoms with Crippen molar-refractivity contribution in [2.45, 2.75) is 45.6 Å². The van der Waals surface area contributed by atoms with Gasteiger partial charge in [0.2, 0.25) is 5.91 Å². The molecule has 2 heterocycles. The zero-order chi connectivity index (χ0) is 13.2. The van der Waals surface area contributed by atoms with Crippen molar-refractivity contribution in [3.63, 3.8) is 0 Å². The second-order valence-corrected chi connectivity index (χ2v) is 6.41. The summed E-state index contributed by atoms with van der Waals surface area (Å²) in [4.78, 5) is 16.7. The summed E-state index contributed by atoms with van der Waals surface area (Å²) >= 11 is 0. The summed E-state index contributed by atoms with van der Waals surface area (Å²) in [6.45, 7) is 8.63. The second-order valence-electron chi connectivity index (χ2n) is 6.41. The number of rotatable bonds is 3. The van der Waals surface area contributed by atoms with Crippen molar-refractivity contribution < 1.29 is 4.79 Å². The molecule has 18 heavy (non-hydrogen) atoms. The van der Waals surface area contributed by atoms with E-state index in [1.54, 1.807) is 0 Å². The molecule has 0 aromatic heterocycles. The number of nitrogens with two attached hydrogens (primary N) is 1. The lowest BCUT2D eigenvalue weighted by molar-refractivity contribution is -0.135. The average molecular weight is 253 g/mol. The highest BCUT2D eigenvalue weighted by Gasteiger charge is 2.34. The van der Waals surface area contributed by atoms with Gasteiger partial charge in [-0.2, -0.15) is 0 Å². The molecule has 0 bridgehead atoms. The molecule has 2 fully saturated rings. The Bertz CT molecular complexity index is 307. The van der Waals surface area contributed by atoms with Gasteiger partial charge in [-0.05, 0) is 51.1 Å². The SMILES string of the molecule is CC1CCCCN1C(=O)CN1CCC(C)(CN)C1. The van der Waals surface area contributed by atoms with Gasteiger partial charge in [0.1, 0.15) is 0 Å². The van der Waals surface area contributed by atoms with Crippen LogP contribution in [0.4, 0.5) is 0 Å². The smallest absolute Gasteiger partial charge is 0.236 e. The Balaban J connectivity index is 1.84. The van der Waals surface area contributed by atoms with Crippen LogP contribution in [-0.4, -0.2) is 54.5 Å². The minimum absolute atomic E-state index is 0.216. The van der Waals surface area contributed by atoms with Crippen molar-refractivity contribution in [2.24, 2.45) is 11.1 Å². The van der Waals surface area contributed by atoms with Crippen LogP contribution < -0.4 is 5.73 Å². The molecular weight excluding hydrogens is 226 g/mol. The van der Waals surface area contributed by atoms with E-state index in [2.05, 4.69) is 23.6 Å². The number of carbonyl (C=O) groups excluding carboxylic acids is 1. The lowest BCUT2D eigenvalue weighted by atomic mass is 9.90. The standard InChI is InChI=1S/C14H27N3O/c1-12-5-3-4-7-17(12)13(18)9-16-8-6-14(2,10-15)11-16/h12H,3-11,15H2,1-2H3. The van der Waals surface area contributed by atoms with Gasteiger partial charge in [-0.15, -0.1) is 0 Å². The highest BCUT2D eigenvalue weighted by molar-refractivity contribution is 5.78. The van der Waals surface area contributed by atoms with Gasteiger partial charge in [0.25, 0.3) is 0 Å². The van der Waals surface area contributed by atoms with Gasteiger partial charge in [0.05, 0.1) is 6.54 Å². The third-order valence-electron chi connectivity index (χ3n) is 4.61. The van der Waals surface area contributed by atoms with Crippen LogP contribution in [0.5, 0.6) is 0 Å². The molecule has 4 nitrogen and oxygen atoms in total. The Morgan fingerprint density at radius 2 is 2.17 bits per heavy atom. The van der Waals surface area contributed by atoms with Crippen LogP contribution in [0.2, 0.25) is 0 Å². The molecule has 2 rings (SSSR count). The number of amides is 1. The molecule has 0 radical (unpaired) electrons. The molecule has 0 saturated carbocycles. The van der Waals surface area contributed by atoms with E-state index < -0.39 is 0 Å². The zero-order valence-electron chi connectivity index (χ0n) is 11.8. The Morgan fingerprint density at radius 3 is 2.78 bits per heavy atom. The third-order valence-corrected chi connectivity index (χ3v) is 4.61. The molecule has 0 aromatic rings. The van der Waals surface area contributed by atoms with Gasteiger partial charge in [0.15, 0.2) is 0 Å². The van der Waals surface area contributed by atoms with Crippen LogP contribution in [0.15, 0.2) is 0 Å². The maximum absolute atomic E-state index is 12.3. The topological polar surface area (TPSA) is 49.6 Å². The molecule has 0 aliphatic carbocycles. The predicted octanol–water partition coefficient (Wildman–Crippen LogP) is 1.06. The van der Waals surface area contributed by atoms with E-state index in [0.29, 0.717) is 18.5 Å². The molecule has 2 atom stereocenters. The molecule has 2 saturated heterocycles. The average Bonchev–Trinajstić information content (AvgIpc) is 2.72. The van der Waals surface area contributed by atoms with Gasteiger partial charge < -0.3 is 10.6 Å². The van der Waals surface area contributed by atoms with Crippen molar-refractivity contribution in [3.05, 3.63) is 0 Å². The normalized spacial score (nSPS) is 33.9. The van der Waals surface area contributed by atoms with Crippen molar-refractivity contribution in [1.82, 2.24) is 9.80 Å². The Hall–Kier alpha value is -0.610.